The SMILES string of the molecule is CCN1C(=O)/C(=C\[O-])N=C1C.[Na+]. The van der Waals surface area contributed by atoms with Crippen molar-refractivity contribution in [1.29, 1.82) is 0 Å². The topological polar surface area (TPSA) is 55.7 Å². The summed E-state index contributed by atoms with van der Waals surface area (Å²) in [6, 6.07) is 0. The van der Waals surface area contributed by atoms with Crippen molar-refractivity contribution in [3.05, 3.63) is 12.0 Å². The Hall–Kier alpha value is -0.320. The maximum absolute atomic E-state index is 11.1. The predicted molar refractivity (Wildman–Crippen MR) is 38.6 cm³/mol. The van der Waals surface area contributed by atoms with Gasteiger partial charge >= 0.3 is 29.6 Å². The number of rotatable bonds is 1. The number of hydrogen-bond donors (Lipinski definition) is 0. The monoisotopic (exact) mass is 176 g/mol. The third-order valence-electron chi connectivity index (χ3n) is 1.57. The van der Waals surface area contributed by atoms with Crippen LogP contribution in [0.5, 0.6) is 0 Å². The Morgan fingerprint density at radius 2 is 2.25 bits per heavy atom. The minimum atomic E-state index is -0.292. The van der Waals surface area contributed by atoms with Gasteiger partial charge in [0, 0.05) is 6.54 Å². The van der Waals surface area contributed by atoms with E-state index in [4.69, 9.17) is 0 Å². The molecule has 1 aliphatic rings. The standard InChI is InChI=1S/C7H10N2O2.Na/c1-3-9-5(2)8-6(4-10)7(9)11;/h4,10H,3H2,1-2H3;/q;+1/p-1/b6-4+;. The molecule has 5 heteroatoms. The van der Waals surface area contributed by atoms with Gasteiger partial charge in [-0.05, 0) is 13.8 Å². The van der Waals surface area contributed by atoms with Crippen LogP contribution >= 0.6 is 0 Å². The van der Waals surface area contributed by atoms with E-state index in [2.05, 4.69) is 4.99 Å². The summed E-state index contributed by atoms with van der Waals surface area (Å²) >= 11 is 0. The number of likely N-dealkylation sites (N-methyl/N-ethyl adjacent to an activating group) is 1. The van der Waals surface area contributed by atoms with Crippen molar-refractivity contribution in [2.24, 2.45) is 4.99 Å². The first-order valence-corrected chi connectivity index (χ1v) is 3.40. The van der Waals surface area contributed by atoms with Crippen LogP contribution in [0.4, 0.5) is 0 Å². The van der Waals surface area contributed by atoms with Crippen molar-refractivity contribution in [2.75, 3.05) is 6.54 Å². The van der Waals surface area contributed by atoms with Crippen LogP contribution in [0.2, 0.25) is 0 Å². The van der Waals surface area contributed by atoms with Crippen molar-refractivity contribution in [3.8, 4) is 0 Å². The van der Waals surface area contributed by atoms with Gasteiger partial charge in [0.2, 0.25) is 0 Å². The summed E-state index contributed by atoms with van der Waals surface area (Å²) in [5, 5.41) is 10.2. The molecule has 60 valence electrons. The van der Waals surface area contributed by atoms with Gasteiger partial charge in [-0.15, -0.1) is 6.26 Å². The second-order valence-corrected chi connectivity index (χ2v) is 2.21. The number of carbonyl (C=O) groups excluding carboxylic acids is 1. The van der Waals surface area contributed by atoms with Crippen LogP contribution in [0.3, 0.4) is 0 Å². The van der Waals surface area contributed by atoms with Crippen LogP contribution in [-0.4, -0.2) is 23.2 Å². The van der Waals surface area contributed by atoms with Crippen LogP contribution < -0.4 is 34.7 Å². The zero-order chi connectivity index (χ0) is 8.43. The summed E-state index contributed by atoms with van der Waals surface area (Å²) in [5.74, 6) is 0.305. The first-order valence-electron chi connectivity index (χ1n) is 3.40. The Balaban J connectivity index is 0.00000121. The fraction of sp³-hybridized carbons (Fsp3) is 0.429. The van der Waals surface area contributed by atoms with E-state index in [9.17, 15) is 9.90 Å². The Kier molecular flexibility index (Phi) is 4.52. The quantitative estimate of drug-likeness (QED) is 0.236. The number of aliphatic imine (C=N–C) groups is 1. The molecule has 1 amide bonds. The third-order valence-corrected chi connectivity index (χ3v) is 1.57. The van der Waals surface area contributed by atoms with E-state index < -0.39 is 0 Å². The van der Waals surface area contributed by atoms with E-state index in [1.54, 1.807) is 6.92 Å². The van der Waals surface area contributed by atoms with E-state index in [1.807, 2.05) is 6.92 Å². The van der Waals surface area contributed by atoms with Crippen molar-refractivity contribution in [3.63, 3.8) is 0 Å². The van der Waals surface area contributed by atoms with E-state index in [0.29, 0.717) is 18.6 Å². The maximum atomic E-state index is 11.1. The largest absolute Gasteiger partial charge is 1.00 e. The van der Waals surface area contributed by atoms with E-state index in [0.717, 1.165) is 0 Å². The van der Waals surface area contributed by atoms with Crippen LogP contribution in [-0.2, 0) is 4.79 Å². The first kappa shape index (κ1) is 11.7. The van der Waals surface area contributed by atoms with Crippen LogP contribution in [0.1, 0.15) is 13.8 Å². The minimum absolute atomic E-state index is 0. The average Bonchev–Trinajstić information content (AvgIpc) is 2.26. The molecule has 0 aliphatic carbocycles. The van der Waals surface area contributed by atoms with E-state index in [1.165, 1.54) is 4.90 Å². The van der Waals surface area contributed by atoms with Crippen molar-refractivity contribution >= 4 is 11.7 Å². The Bertz CT molecular complexity index is 246. The van der Waals surface area contributed by atoms with E-state index in [-0.39, 0.29) is 41.2 Å². The molecule has 1 heterocycles. The summed E-state index contributed by atoms with van der Waals surface area (Å²) in [7, 11) is 0. The summed E-state index contributed by atoms with van der Waals surface area (Å²) in [5.41, 5.74) is 0.00403. The molecule has 0 saturated heterocycles. The van der Waals surface area contributed by atoms with Gasteiger partial charge in [0.15, 0.2) is 0 Å². The normalized spacial score (nSPS) is 19.5. The molecular formula is C7H9N2NaO2. The molecule has 0 aromatic heterocycles. The van der Waals surface area contributed by atoms with Crippen LogP contribution in [0.15, 0.2) is 17.0 Å². The fourth-order valence-electron chi connectivity index (χ4n) is 1.02. The average molecular weight is 176 g/mol. The smallest absolute Gasteiger partial charge is 0.876 e. The zero-order valence-corrected chi connectivity index (χ0v) is 9.50. The second kappa shape index (κ2) is 4.64. The van der Waals surface area contributed by atoms with Crippen molar-refractivity contribution < 1.29 is 39.5 Å². The summed E-state index contributed by atoms with van der Waals surface area (Å²) in [4.78, 5) is 16.4. The van der Waals surface area contributed by atoms with Crippen molar-refractivity contribution in [1.82, 2.24) is 4.90 Å². The number of amides is 1. The Morgan fingerprint density at radius 3 is 2.50 bits per heavy atom. The molecule has 1 rings (SSSR count). The molecule has 1 aliphatic heterocycles. The Labute approximate surface area is 93.3 Å². The molecule has 0 aromatic carbocycles. The van der Waals surface area contributed by atoms with E-state index >= 15 is 0 Å². The summed E-state index contributed by atoms with van der Waals surface area (Å²) < 4.78 is 0. The van der Waals surface area contributed by atoms with Gasteiger partial charge < -0.3 is 5.11 Å². The zero-order valence-electron chi connectivity index (χ0n) is 7.50. The molecule has 0 fully saturated rings. The molecule has 0 spiro atoms. The molecule has 12 heavy (non-hydrogen) atoms. The van der Waals surface area contributed by atoms with Crippen LogP contribution in [0, 0.1) is 0 Å². The Morgan fingerprint density at radius 1 is 1.67 bits per heavy atom. The molecule has 4 nitrogen and oxygen atoms in total. The molecule has 0 bridgehead atoms. The van der Waals surface area contributed by atoms with Gasteiger partial charge in [0.25, 0.3) is 5.91 Å². The van der Waals surface area contributed by atoms with Gasteiger partial charge in [0.05, 0.1) is 0 Å². The molecule has 0 radical (unpaired) electrons. The summed E-state index contributed by atoms with van der Waals surface area (Å²) in [6.45, 7) is 4.11. The maximum Gasteiger partial charge on any atom is 1.00 e. The minimum Gasteiger partial charge on any atom is -0.876 e. The van der Waals surface area contributed by atoms with Gasteiger partial charge in [-0.2, -0.15) is 0 Å². The molecule has 0 saturated carbocycles. The molecular weight excluding hydrogens is 167 g/mol. The fourth-order valence-corrected chi connectivity index (χ4v) is 1.02. The van der Waals surface area contributed by atoms with Gasteiger partial charge in [0.1, 0.15) is 11.5 Å². The molecule has 0 atom stereocenters. The molecule has 0 unspecified atom stereocenters. The van der Waals surface area contributed by atoms with Gasteiger partial charge in [-0.1, -0.05) is 0 Å². The number of amidine groups is 1. The number of hydrogen-bond acceptors (Lipinski definition) is 3. The molecule has 0 N–H and O–H groups in total. The third kappa shape index (κ3) is 1.88. The predicted octanol–water partition coefficient (Wildman–Crippen LogP) is -3.53. The van der Waals surface area contributed by atoms with Gasteiger partial charge in [-0.3, -0.25) is 9.69 Å². The number of carbonyl (C=O) groups is 1. The summed E-state index contributed by atoms with van der Waals surface area (Å²) in [6.07, 6.45) is 0.488. The van der Waals surface area contributed by atoms with Gasteiger partial charge in [-0.25, -0.2) is 4.99 Å². The van der Waals surface area contributed by atoms with Crippen molar-refractivity contribution in [2.45, 2.75) is 13.8 Å². The second-order valence-electron chi connectivity index (χ2n) is 2.21. The first-order chi connectivity index (χ1) is 5.20. The molecule has 0 aromatic rings. The number of nitrogens with zero attached hydrogens (tertiary/aromatic N) is 2. The van der Waals surface area contributed by atoms with Crippen LogP contribution in [0.25, 0.3) is 0 Å².